The lowest BCUT2D eigenvalue weighted by molar-refractivity contribution is -0.134. The first-order valence-electron chi connectivity index (χ1n) is 10.3. The molecule has 5 heterocycles. The fraction of sp³-hybridized carbons (Fsp3) is 0.250. The van der Waals surface area contributed by atoms with Gasteiger partial charge < -0.3 is 14.2 Å². The van der Waals surface area contributed by atoms with Gasteiger partial charge in [-0.1, -0.05) is 18.2 Å². The fourth-order valence-corrected chi connectivity index (χ4v) is 6.84. The standard InChI is InChI=1S/C24H20N2O4S/c27-19(10-9-15-5-3-11-29-15)22-21(20-8-4-12-30-20)18-13-31-14-26(18)24(22)16-6-1-2-7-17(16)25-23(24)28/h1-12,18,21-22H,13-14H2,(H,25,28)/b10-9+/t18-,21+,22+,24+/m1/s1. The Morgan fingerprint density at radius 3 is 2.77 bits per heavy atom. The van der Waals surface area contributed by atoms with Gasteiger partial charge in [0, 0.05) is 34.8 Å². The van der Waals surface area contributed by atoms with Gasteiger partial charge in [-0.25, -0.2) is 0 Å². The van der Waals surface area contributed by atoms with Crippen LogP contribution < -0.4 is 5.32 Å². The number of furan rings is 2. The number of carbonyl (C=O) groups excluding carboxylic acids is 2. The summed E-state index contributed by atoms with van der Waals surface area (Å²) in [7, 11) is 0. The number of nitrogens with one attached hydrogen (secondary N) is 1. The highest BCUT2D eigenvalue weighted by Crippen LogP contribution is 2.60. The Morgan fingerprint density at radius 1 is 1.13 bits per heavy atom. The lowest BCUT2D eigenvalue weighted by atomic mass is 9.72. The zero-order valence-electron chi connectivity index (χ0n) is 16.6. The lowest BCUT2D eigenvalue weighted by Gasteiger charge is -2.35. The second-order valence-corrected chi connectivity index (χ2v) is 9.07. The maximum atomic E-state index is 13.8. The molecule has 2 saturated heterocycles. The largest absolute Gasteiger partial charge is 0.469 e. The fourth-order valence-electron chi connectivity index (χ4n) is 5.51. The number of rotatable bonds is 4. The Bertz CT molecular complexity index is 1170. The van der Waals surface area contributed by atoms with Gasteiger partial charge in [0.15, 0.2) is 5.78 Å². The summed E-state index contributed by atoms with van der Waals surface area (Å²) in [6.07, 6.45) is 6.42. The SMILES string of the molecule is O=C(/C=C/c1ccco1)[C@H]1[C@H](c2ccco2)[C@H]2CSCN2[C@]12C(=O)Nc1ccccc12. The van der Waals surface area contributed by atoms with E-state index in [-0.39, 0.29) is 23.7 Å². The van der Waals surface area contributed by atoms with E-state index in [1.165, 1.54) is 0 Å². The van der Waals surface area contributed by atoms with Crippen LogP contribution in [0.15, 0.2) is 76.0 Å². The molecule has 0 aliphatic carbocycles. The van der Waals surface area contributed by atoms with Crippen LogP contribution in [0.4, 0.5) is 5.69 Å². The summed E-state index contributed by atoms with van der Waals surface area (Å²) in [5.41, 5.74) is 0.578. The van der Waals surface area contributed by atoms with Crippen molar-refractivity contribution in [3.05, 3.63) is 84.2 Å². The van der Waals surface area contributed by atoms with Crippen molar-refractivity contribution in [1.29, 1.82) is 0 Å². The molecule has 1 aromatic carbocycles. The van der Waals surface area contributed by atoms with E-state index < -0.39 is 11.5 Å². The monoisotopic (exact) mass is 432 g/mol. The first-order chi connectivity index (χ1) is 15.2. The summed E-state index contributed by atoms with van der Waals surface area (Å²) < 4.78 is 11.2. The highest BCUT2D eigenvalue weighted by Gasteiger charge is 2.69. The number of hydrogen-bond donors (Lipinski definition) is 1. The normalized spacial score (nSPS) is 29.5. The predicted octanol–water partition coefficient (Wildman–Crippen LogP) is 4.09. The van der Waals surface area contributed by atoms with Gasteiger partial charge in [0.05, 0.1) is 18.4 Å². The highest BCUT2D eigenvalue weighted by molar-refractivity contribution is 7.99. The van der Waals surface area contributed by atoms with Gasteiger partial charge in [-0.3, -0.25) is 14.5 Å². The van der Waals surface area contributed by atoms with E-state index >= 15 is 0 Å². The molecular formula is C24H20N2O4S. The van der Waals surface area contributed by atoms with E-state index in [1.807, 2.05) is 36.4 Å². The van der Waals surface area contributed by atoms with Gasteiger partial charge in [-0.05, 0) is 42.5 Å². The van der Waals surface area contributed by atoms with Crippen molar-refractivity contribution < 1.29 is 18.4 Å². The molecule has 6 nitrogen and oxygen atoms in total. The quantitative estimate of drug-likeness (QED) is 0.626. The topological polar surface area (TPSA) is 75.7 Å². The van der Waals surface area contributed by atoms with Crippen molar-refractivity contribution in [2.75, 3.05) is 16.9 Å². The molecule has 3 aliphatic heterocycles. The number of allylic oxidation sites excluding steroid dienone is 1. The summed E-state index contributed by atoms with van der Waals surface area (Å²) in [6, 6.07) is 15.1. The molecule has 4 atom stereocenters. The number of hydrogen-bond acceptors (Lipinski definition) is 6. The smallest absolute Gasteiger partial charge is 0.250 e. The van der Waals surface area contributed by atoms with Crippen LogP contribution in [0.25, 0.3) is 6.08 Å². The van der Waals surface area contributed by atoms with Crippen molar-refractivity contribution in [2.24, 2.45) is 5.92 Å². The molecule has 0 bridgehead atoms. The van der Waals surface area contributed by atoms with Gasteiger partial charge >= 0.3 is 0 Å². The minimum Gasteiger partial charge on any atom is -0.469 e. The molecule has 1 amide bonds. The number of anilines is 1. The van der Waals surface area contributed by atoms with Crippen LogP contribution in [0.5, 0.6) is 0 Å². The van der Waals surface area contributed by atoms with E-state index in [9.17, 15) is 9.59 Å². The first-order valence-corrected chi connectivity index (χ1v) is 11.4. The molecule has 1 spiro atoms. The van der Waals surface area contributed by atoms with E-state index in [2.05, 4.69) is 10.2 Å². The molecular weight excluding hydrogens is 412 g/mol. The molecule has 7 heteroatoms. The third kappa shape index (κ3) is 2.56. The Balaban J connectivity index is 1.55. The molecule has 3 aromatic rings. The predicted molar refractivity (Wildman–Crippen MR) is 117 cm³/mol. The van der Waals surface area contributed by atoms with Crippen LogP contribution in [-0.4, -0.2) is 34.3 Å². The van der Waals surface area contributed by atoms with Gasteiger partial charge in [-0.15, -0.1) is 11.8 Å². The molecule has 0 unspecified atom stereocenters. The van der Waals surface area contributed by atoms with E-state index in [0.717, 1.165) is 22.8 Å². The zero-order chi connectivity index (χ0) is 21.0. The summed E-state index contributed by atoms with van der Waals surface area (Å²) in [5, 5.41) is 3.05. The Hall–Kier alpha value is -3.03. The molecule has 0 saturated carbocycles. The maximum absolute atomic E-state index is 13.8. The minimum absolute atomic E-state index is 0.0269. The number of ketones is 1. The number of amides is 1. The zero-order valence-corrected chi connectivity index (χ0v) is 17.4. The number of para-hydroxylation sites is 1. The Morgan fingerprint density at radius 2 is 1.97 bits per heavy atom. The van der Waals surface area contributed by atoms with Crippen molar-refractivity contribution in [3.63, 3.8) is 0 Å². The molecule has 1 N–H and O–H groups in total. The third-order valence-corrected chi connectivity index (χ3v) is 7.70. The Labute approximate surface area is 183 Å². The van der Waals surface area contributed by atoms with Crippen LogP contribution in [0.2, 0.25) is 0 Å². The van der Waals surface area contributed by atoms with Crippen LogP contribution in [0, 0.1) is 5.92 Å². The van der Waals surface area contributed by atoms with Gasteiger partial charge in [0.1, 0.15) is 17.1 Å². The van der Waals surface area contributed by atoms with E-state index in [0.29, 0.717) is 11.6 Å². The average molecular weight is 433 g/mol. The van der Waals surface area contributed by atoms with Crippen molar-refractivity contribution in [1.82, 2.24) is 4.90 Å². The average Bonchev–Trinajstić information content (AvgIpc) is 3.58. The maximum Gasteiger partial charge on any atom is 0.250 e. The van der Waals surface area contributed by atoms with Crippen LogP contribution in [0.3, 0.4) is 0 Å². The van der Waals surface area contributed by atoms with E-state index in [4.69, 9.17) is 8.83 Å². The molecule has 31 heavy (non-hydrogen) atoms. The number of fused-ring (bicyclic) bond motifs is 4. The summed E-state index contributed by atoms with van der Waals surface area (Å²) in [4.78, 5) is 29.7. The molecule has 3 aliphatic rings. The van der Waals surface area contributed by atoms with Crippen LogP contribution in [-0.2, 0) is 15.1 Å². The highest BCUT2D eigenvalue weighted by atomic mass is 32.2. The molecule has 0 radical (unpaired) electrons. The molecule has 156 valence electrons. The number of nitrogens with zero attached hydrogens (tertiary/aromatic N) is 1. The second kappa shape index (κ2) is 7.00. The van der Waals surface area contributed by atoms with Crippen molar-refractivity contribution >= 4 is 35.2 Å². The number of benzene rings is 1. The first kappa shape index (κ1) is 18.7. The molecule has 6 rings (SSSR count). The van der Waals surface area contributed by atoms with Gasteiger partial charge in [0.25, 0.3) is 0 Å². The molecule has 2 fully saturated rings. The Kier molecular flexibility index (Phi) is 4.23. The third-order valence-electron chi connectivity index (χ3n) is 6.66. The number of thioether (sulfide) groups is 1. The minimum atomic E-state index is -1.06. The second-order valence-electron chi connectivity index (χ2n) is 8.07. The molecule has 2 aromatic heterocycles. The van der Waals surface area contributed by atoms with Crippen molar-refractivity contribution in [2.45, 2.75) is 17.5 Å². The van der Waals surface area contributed by atoms with Crippen LogP contribution in [0.1, 0.15) is 23.0 Å². The summed E-state index contributed by atoms with van der Waals surface area (Å²) in [6.45, 7) is 0. The summed E-state index contributed by atoms with van der Waals surface area (Å²) in [5.74, 6) is 1.79. The van der Waals surface area contributed by atoms with Gasteiger partial charge in [-0.2, -0.15) is 0 Å². The number of carbonyl (C=O) groups is 2. The summed E-state index contributed by atoms with van der Waals surface area (Å²) >= 11 is 1.79. The van der Waals surface area contributed by atoms with E-state index in [1.54, 1.807) is 48.6 Å². The van der Waals surface area contributed by atoms with Crippen LogP contribution >= 0.6 is 11.8 Å². The lowest BCUT2D eigenvalue weighted by Crippen LogP contribution is -2.52. The van der Waals surface area contributed by atoms with Crippen molar-refractivity contribution in [3.8, 4) is 0 Å². The van der Waals surface area contributed by atoms with Gasteiger partial charge in [0.2, 0.25) is 5.91 Å².